The van der Waals surface area contributed by atoms with Gasteiger partial charge in [-0.05, 0) is 31.9 Å². The zero-order valence-electron chi connectivity index (χ0n) is 12.6. The molecule has 1 aromatic carbocycles. The molecule has 1 atom stereocenters. The van der Waals surface area contributed by atoms with E-state index in [1.165, 1.54) is 12.1 Å². The first-order valence-corrected chi connectivity index (χ1v) is 7.65. The van der Waals surface area contributed by atoms with Gasteiger partial charge < -0.3 is 9.42 Å². The predicted molar refractivity (Wildman–Crippen MR) is 79.9 cm³/mol. The van der Waals surface area contributed by atoms with Crippen LogP contribution in [0.4, 0.5) is 4.39 Å². The van der Waals surface area contributed by atoms with Crippen molar-refractivity contribution in [3.05, 3.63) is 53.2 Å². The molecule has 2 heterocycles. The van der Waals surface area contributed by atoms with Crippen LogP contribution in [0.2, 0.25) is 0 Å². The van der Waals surface area contributed by atoms with Gasteiger partial charge in [-0.1, -0.05) is 30.1 Å². The van der Waals surface area contributed by atoms with Gasteiger partial charge in [-0.2, -0.15) is 0 Å². The zero-order chi connectivity index (χ0) is 15.5. The van der Waals surface area contributed by atoms with Crippen LogP contribution in [0.1, 0.15) is 53.5 Å². The maximum absolute atomic E-state index is 13.9. The standard InChI is InChI=1S/C17H19FN2O2/c1-12-11-16(22-19-12)15-9-3-2-6-10-20(15)17(21)13-7-4-5-8-14(13)18/h4-5,7-8,11,15H,2-3,6,9-10H2,1H3/t15-/m0/s1. The van der Waals surface area contributed by atoms with Gasteiger partial charge in [-0.3, -0.25) is 4.79 Å². The van der Waals surface area contributed by atoms with Crippen LogP contribution >= 0.6 is 0 Å². The molecule has 22 heavy (non-hydrogen) atoms. The number of likely N-dealkylation sites (tertiary alicyclic amines) is 1. The Balaban J connectivity index is 1.94. The summed E-state index contributed by atoms with van der Waals surface area (Å²) >= 11 is 0. The summed E-state index contributed by atoms with van der Waals surface area (Å²) in [7, 11) is 0. The second-order valence-corrected chi connectivity index (χ2v) is 5.71. The van der Waals surface area contributed by atoms with Gasteiger partial charge in [0, 0.05) is 12.6 Å². The van der Waals surface area contributed by atoms with E-state index in [9.17, 15) is 9.18 Å². The maximum atomic E-state index is 13.9. The molecule has 1 saturated heterocycles. The molecule has 0 aliphatic carbocycles. The predicted octanol–water partition coefficient (Wildman–Crippen LogP) is 3.88. The van der Waals surface area contributed by atoms with Crippen molar-refractivity contribution in [2.45, 2.75) is 38.6 Å². The smallest absolute Gasteiger partial charge is 0.257 e. The van der Waals surface area contributed by atoms with Gasteiger partial charge in [0.25, 0.3) is 5.91 Å². The normalized spacial score (nSPS) is 19.0. The number of hydrogen-bond donors (Lipinski definition) is 0. The van der Waals surface area contributed by atoms with E-state index in [1.54, 1.807) is 17.0 Å². The van der Waals surface area contributed by atoms with Crippen molar-refractivity contribution >= 4 is 5.91 Å². The molecule has 1 amide bonds. The molecule has 0 spiro atoms. The molecule has 0 bridgehead atoms. The lowest BCUT2D eigenvalue weighted by Crippen LogP contribution is -2.35. The van der Waals surface area contributed by atoms with Crippen LogP contribution < -0.4 is 0 Å². The SMILES string of the molecule is Cc1cc([C@@H]2CCCCCN2C(=O)c2ccccc2F)on1. The number of rotatable bonds is 2. The van der Waals surface area contributed by atoms with Crippen LogP contribution in [0.25, 0.3) is 0 Å². The van der Waals surface area contributed by atoms with Crippen LogP contribution in [-0.4, -0.2) is 22.5 Å². The Kier molecular flexibility index (Phi) is 4.22. The second kappa shape index (κ2) is 6.30. The largest absolute Gasteiger partial charge is 0.359 e. The highest BCUT2D eigenvalue weighted by Crippen LogP contribution is 2.32. The highest BCUT2D eigenvalue weighted by Gasteiger charge is 2.31. The first-order valence-electron chi connectivity index (χ1n) is 7.65. The van der Waals surface area contributed by atoms with Crippen LogP contribution in [0.15, 0.2) is 34.9 Å². The average molecular weight is 302 g/mol. The van der Waals surface area contributed by atoms with Gasteiger partial charge >= 0.3 is 0 Å². The van der Waals surface area contributed by atoms with Gasteiger partial charge in [-0.25, -0.2) is 4.39 Å². The van der Waals surface area contributed by atoms with Crippen molar-refractivity contribution in [1.29, 1.82) is 0 Å². The van der Waals surface area contributed by atoms with E-state index >= 15 is 0 Å². The van der Waals surface area contributed by atoms with Gasteiger partial charge in [-0.15, -0.1) is 0 Å². The van der Waals surface area contributed by atoms with Gasteiger partial charge in [0.1, 0.15) is 5.82 Å². The number of nitrogens with zero attached hydrogens (tertiary/aromatic N) is 2. The topological polar surface area (TPSA) is 46.3 Å². The third-order valence-electron chi connectivity index (χ3n) is 4.09. The molecule has 0 saturated carbocycles. The minimum absolute atomic E-state index is 0.116. The highest BCUT2D eigenvalue weighted by molar-refractivity contribution is 5.94. The van der Waals surface area contributed by atoms with E-state index < -0.39 is 5.82 Å². The molecule has 1 aliphatic heterocycles. The van der Waals surface area contributed by atoms with E-state index in [0.29, 0.717) is 12.3 Å². The molecule has 4 nitrogen and oxygen atoms in total. The summed E-state index contributed by atoms with van der Waals surface area (Å²) in [5.41, 5.74) is 0.906. The van der Waals surface area contributed by atoms with E-state index in [2.05, 4.69) is 5.16 Å². The van der Waals surface area contributed by atoms with E-state index in [0.717, 1.165) is 31.4 Å². The van der Waals surface area contributed by atoms with Crippen LogP contribution in [0, 0.1) is 12.7 Å². The summed E-state index contributed by atoms with van der Waals surface area (Å²) < 4.78 is 19.3. The van der Waals surface area contributed by atoms with Crippen molar-refractivity contribution in [3.8, 4) is 0 Å². The minimum atomic E-state index is -0.482. The van der Waals surface area contributed by atoms with Gasteiger partial charge in [0.05, 0.1) is 17.3 Å². The van der Waals surface area contributed by atoms with Crippen LogP contribution in [0.3, 0.4) is 0 Å². The number of carbonyl (C=O) groups excluding carboxylic acids is 1. The third kappa shape index (κ3) is 2.89. The monoisotopic (exact) mass is 302 g/mol. The molecular formula is C17H19FN2O2. The maximum Gasteiger partial charge on any atom is 0.257 e. The molecule has 1 fully saturated rings. The number of aryl methyl sites for hydroxylation is 1. The Morgan fingerprint density at radius 3 is 2.86 bits per heavy atom. The number of benzene rings is 1. The Labute approximate surface area is 128 Å². The molecule has 1 aliphatic rings. The first kappa shape index (κ1) is 14.8. The van der Waals surface area contributed by atoms with Crippen LogP contribution in [0.5, 0.6) is 0 Å². The Morgan fingerprint density at radius 2 is 2.14 bits per heavy atom. The second-order valence-electron chi connectivity index (χ2n) is 5.71. The first-order chi connectivity index (χ1) is 10.7. The van der Waals surface area contributed by atoms with E-state index in [-0.39, 0.29) is 17.5 Å². The fourth-order valence-corrected chi connectivity index (χ4v) is 2.98. The lowest BCUT2D eigenvalue weighted by Gasteiger charge is -2.28. The van der Waals surface area contributed by atoms with Gasteiger partial charge in [0.15, 0.2) is 5.76 Å². The Bertz CT molecular complexity index is 668. The molecule has 0 N–H and O–H groups in total. The summed E-state index contributed by atoms with van der Waals surface area (Å²) in [6, 6.07) is 7.81. The third-order valence-corrected chi connectivity index (χ3v) is 4.09. The fourth-order valence-electron chi connectivity index (χ4n) is 2.98. The number of halogens is 1. The quantitative estimate of drug-likeness (QED) is 0.845. The highest BCUT2D eigenvalue weighted by atomic mass is 19.1. The summed E-state index contributed by atoms with van der Waals surface area (Å²) in [6.45, 7) is 2.46. The number of aromatic nitrogens is 1. The molecule has 0 radical (unpaired) electrons. The van der Waals surface area contributed by atoms with E-state index in [4.69, 9.17) is 4.52 Å². The lowest BCUT2D eigenvalue weighted by atomic mass is 10.1. The molecule has 3 rings (SSSR count). The van der Waals surface area contributed by atoms with Crippen LogP contribution in [-0.2, 0) is 0 Å². The molecule has 0 unspecified atom stereocenters. The van der Waals surface area contributed by atoms with Crippen molar-refractivity contribution in [2.24, 2.45) is 0 Å². The fraction of sp³-hybridized carbons (Fsp3) is 0.412. The van der Waals surface area contributed by atoms with Gasteiger partial charge in [0.2, 0.25) is 0 Å². The molecule has 5 heteroatoms. The summed E-state index contributed by atoms with van der Waals surface area (Å²) in [6.07, 6.45) is 3.81. The van der Waals surface area contributed by atoms with Crippen molar-refractivity contribution in [2.75, 3.05) is 6.54 Å². The van der Waals surface area contributed by atoms with E-state index in [1.807, 2.05) is 13.0 Å². The van der Waals surface area contributed by atoms with Crippen molar-refractivity contribution < 1.29 is 13.7 Å². The lowest BCUT2D eigenvalue weighted by molar-refractivity contribution is 0.0646. The summed E-state index contributed by atoms with van der Waals surface area (Å²) in [4.78, 5) is 14.5. The molecule has 116 valence electrons. The number of hydrogen-bond acceptors (Lipinski definition) is 3. The average Bonchev–Trinajstić information content (AvgIpc) is 2.80. The molecule has 2 aromatic rings. The number of amides is 1. The number of carbonyl (C=O) groups is 1. The molecule has 1 aromatic heterocycles. The van der Waals surface area contributed by atoms with Crippen molar-refractivity contribution in [3.63, 3.8) is 0 Å². The van der Waals surface area contributed by atoms with Crippen molar-refractivity contribution in [1.82, 2.24) is 10.1 Å². The Hall–Kier alpha value is -2.17. The summed E-state index contributed by atoms with van der Waals surface area (Å²) in [5, 5.41) is 3.92. The zero-order valence-corrected chi connectivity index (χ0v) is 12.6. The Morgan fingerprint density at radius 1 is 1.32 bits per heavy atom. The summed E-state index contributed by atoms with van der Waals surface area (Å²) in [5.74, 6) is -0.0765. The molecular weight excluding hydrogens is 283 g/mol. The minimum Gasteiger partial charge on any atom is -0.359 e.